The van der Waals surface area contributed by atoms with Gasteiger partial charge in [0.15, 0.2) is 0 Å². The summed E-state index contributed by atoms with van der Waals surface area (Å²) in [6.07, 6.45) is 0.759. The Kier molecular flexibility index (Phi) is 1.80. The second kappa shape index (κ2) is 1.93. The average Bonchev–Trinajstić information content (AvgIpc) is 1.38. The van der Waals surface area contributed by atoms with Crippen LogP contribution in [-0.2, 0) is 0 Å². The molecule has 2 nitrogen and oxygen atoms in total. The molecular formula is C3H7N2. The van der Waals surface area contributed by atoms with Crippen molar-refractivity contribution < 1.29 is 0 Å². The number of hydrogen-bond acceptors (Lipinski definition) is 1. The molecule has 0 saturated carbocycles. The van der Waals surface area contributed by atoms with Gasteiger partial charge in [-0.2, -0.15) is 0 Å². The highest BCUT2D eigenvalue weighted by Crippen LogP contribution is 1.59. The fourth-order valence-electron chi connectivity index (χ4n) is 0. The van der Waals surface area contributed by atoms with Crippen LogP contribution in [-0.4, -0.2) is 6.17 Å². The van der Waals surface area contributed by atoms with Gasteiger partial charge in [-0.25, -0.2) is 5.73 Å². The van der Waals surface area contributed by atoms with E-state index in [1.807, 2.05) is 0 Å². The molecule has 0 heterocycles. The Hall–Kier alpha value is -0.340. The molecule has 29 valence electrons. The Bertz CT molecular complexity index is 31.9. The Balaban J connectivity index is 2.83. The van der Waals surface area contributed by atoms with E-state index >= 15 is 0 Å². The van der Waals surface area contributed by atoms with Crippen molar-refractivity contribution in [2.24, 2.45) is 5.73 Å². The highest BCUT2D eigenvalue weighted by molar-refractivity contribution is 4.74. The molecule has 0 rings (SSSR count). The van der Waals surface area contributed by atoms with Crippen molar-refractivity contribution in [1.29, 1.82) is 0 Å². The molecule has 0 amide bonds. The average molecular weight is 71.1 g/mol. The van der Waals surface area contributed by atoms with Crippen molar-refractivity contribution in [3.63, 3.8) is 0 Å². The van der Waals surface area contributed by atoms with Crippen LogP contribution in [0.5, 0.6) is 0 Å². The van der Waals surface area contributed by atoms with Crippen molar-refractivity contribution in [3.8, 4) is 0 Å². The van der Waals surface area contributed by atoms with E-state index in [2.05, 4.69) is 6.58 Å². The maximum absolute atomic E-state index is 6.49. The summed E-state index contributed by atoms with van der Waals surface area (Å²) in [4.78, 5) is 0. The third-order valence-electron chi connectivity index (χ3n) is 0.254. The number of rotatable bonds is 1. The minimum Gasteiger partial charge on any atom is -0.312 e. The van der Waals surface area contributed by atoms with Gasteiger partial charge >= 0.3 is 0 Å². The maximum atomic E-state index is 6.49. The molecule has 0 spiro atoms. The molecule has 0 aliphatic rings. The lowest BCUT2D eigenvalue weighted by Gasteiger charge is -1.85. The summed E-state index contributed by atoms with van der Waals surface area (Å²) >= 11 is 0. The predicted molar refractivity (Wildman–Crippen MR) is 21.3 cm³/mol. The van der Waals surface area contributed by atoms with Crippen molar-refractivity contribution in [2.45, 2.75) is 6.17 Å². The molecule has 0 saturated heterocycles. The van der Waals surface area contributed by atoms with E-state index in [4.69, 9.17) is 11.5 Å². The van der Waals surface area contributed by atoms with E-state index in [0.717, 1.165) is 0 Å². The summed E-state index contributed by atoms with van der Waals surface area (Å²) in [5, 5.41) is 0. The van der Waals surface area contributed by atoms with E-state index in [1.54, 1.807) is 0 Å². The first-order valence-electron chi connectivity index (χ1n) is 1.36. The van der Waals surface area contributed by atoms with Crippen molar-refractivity contribution >= 4 is 0 Å². The molecule has 0 bridgehead atoms. The summed E-state index contributed by atoms with van der Waals surface area (Å²) < 4.78 is 0. The van der Waals surface area contributed by atoms with Gasteiger partial charge in [0.05, 0.1) is 6.17 Å². The molecule has 0 aromatic rings. The third kappa shape index (κ3) is 3.66. The van der Waals surface area contributed by atoms with Crippen LogP contribution >= 0.6 is 0 Å². The summed E-state index contributed by atoms with van der Waals surface area (Å²) in [6.45, 7) is 3.25. The lowest BCUT2D eigenvalue weighted by Crippen LogP contribution is -2.16. The van der Waals surface area contributed by atoms with E-state index < -0.39 is 6.17 Å². The van der Waals surface area contributed by atoms with Gasteiger partial charge in [0, 0.05) is 0 Å². The zero-order valence-corrected chi connectivity index (χ0v) is 2.94. The highest BCUT2D eigenvalue weighted by atomic mass is 14.8. The lowest BCUT2D eigenvalue weighted by atomic mass is 10.5. The van der Waals surface area contributed by atoms with Crippen LogP contribution < -0.4 is 11.5 Å². The molecule has 1 radical (unpaired) electrons. The second-order valence-electron chi connectivity index (χ2n) is 0.761. The van der Waals surface area contributed by atoms with E-state index in [-0.39, 0.29) is 0 Å². The van der Waals surface area contributed by atoms with Crippen LogP contribution in [0, 0.1) is 0 Å². The zero-order valence-electron chi connectivity index (χ0n) is 2.94. The molecular weight excluding hydrogens is 64.0 g/mol. The fraction of sp³-hybridized carbons (Fsp3) is 0.333. The minimum absolute atomic E-state index is 0.602. The summed E-state index contributed by atoms with van der Waals surface area (Å²) in [6, 6.07) is 0. The minimum atomic E-state index is -0.602. The molecule has 0 aromatic carbocycles. The van der Waals surface area contributed by atoms with Crippen LogP contribution in [0.4, 0.5) is 0 Å². The second-order valence-corrected chi connectivity index (χ2v) is 0.761. The van der Waals surface area contributed by atoms with Crippen molar-refractivity contribution in [1.82, 2.24) is 5.73 Å². The first-order valence-corrected chi connectivity index (χ1v) is 1.36. The molecule has 3 N–H and O–H groups in total. The Morgan fingerprint density at radius 1 is 2.00 bits per heavy atom. The smallest absolute Gasteiger partial charge is 0.0866 e. The number of nitrogens with one attached hydrogen (secondary N) is 1. The maximum Gasteiger partial charge on any atom is 0.0866 e. The Morgan fingerprint density at radius 3 is 2.20 bits per heavy atom. The first-order chi connectivity index (χ1) is 2.27. The monoisotopic (exact) mass is 71.1 g/mol. The SMILES string of the molecule is C=CC([NH])N. The predicted octanol–water partition coefficient (Wildman–Crippen LogP) is -0.260. The number of nitrogens with two attached hydrogens (primary N) is 1. The quantitative estimate of drug-likeness (QED) is 0.425. The van der Waals surface area contributed by atoms with Gasteiger partial charge in [0.25, 0.3) is 0 Å². The number of hydrogen-bond donors (Lipinski definition) is 1. The van der Waals surface area contributed by atoms with Gasteiger partial charge in [-0.05, 0) is 0 Å². The van der Waals surface area contributed by atoms with Gasteiger partial charge < -0.3 is 5.73 Å². The molecule has 5 heavy (non-hydrogen) atoms. The molecule has 2 heteroatoms. The van der Waals surface area contributed by atoms with Crippen LogP contribution in [0.1, 0.15) is 0 Å². The lowest BCUT2D eigenvalue weighted by molar-refractivity contribution is 0.847. The van der Waals surface area contributed by atoms with Gasteiger partial charge in [0.1, 0.15) is 0 Å². The molecule has 0 aliphatic heterocycles. The van der Waals surface area contributed by atoms with E-state index in [0.29, 0.717) is 0 Å². The first kappa shape index (κ1) is 4.66. The molecule has 0 aliphatic carbocycles. The summed E-state index contributed by atoms with van der Waals surface area (Å²) in [5.74, 6) is 0. The van der Waals surface area contributed by atoms with Crippen LogP contribution in [0.25, 0.3) is 0 Å². The standard InChI is InChI=1S/C3H7N2/c1-2-3(4)5/h2-4H,1,5H2. The molecule has 0 fully saturated rings. The largest absolute Gasteiger partial charge is 0.312 e. The Morgan fingerprint density at radius 2 is 2.20 bits per heavy atom. The summed E-state index contributed by atoms with van der Waals surface area (Å²) in [5.41, 5.74) is 11.3. The van der Waals surface area contributed by atoms with Gasteiger partial charge in [0.2, 0.25) is 0 Å². The topological polar surface area (TPSA) is 49.8 Å². The van der Waals surface area contributed by atoms with E-state index in [9.17, 15) is 0 Å². The van der Waals surface area contributed by atoms with Gasteiger partial charge in [-0.1, -0.05) is 6.08 Å². The fourth-order valence-corrected chi connectivity index (χ4v) is 0. The van der Waals surface area contributed by atoms with Crippen LogP contribution in [0.2, 0.25) is 0 Å². The normalized spacial score (nSPS) is 8.60. The van der Waals surface area contributed by atoms with Crippen molar-refractivity contribution in [3.05, 3.63) is 12.7 Å². The highest BCUT2D eigenvalue weighted by Gasteiger charge is 1.74. The summed E-state index contributed by atoms with van der Waals surface area (Å²) in [7, 11) is 0. The zero-order chi connectivity index (χ0) is 4.28. The Labute approximate surface area is 31.5 Å². The molecule has 1 unspecified atom stereocenters. The van der Waals surface area contributed by atoms with E-state index in [1.165, 1.54) is 6.08 Å². The third-order valence-corrected chi connectivity index (χ3v) is 0.254. The molecule has 0 aromatic heterocycles. The van der Waals surface area contributed by atoms with Crippen molar-refractivity contribution in [2.75, 3.05) is 0 Å². The van der Waals surface area contributed by atoms with Gasteiger partial charge in [-0.15, -0.1) is 6.58 Å². The molecule has 1 atom stereocenters. The van der Waals surface area contributed by atoms with Crippen LogP contribution in [0.3, 0.4) is 0 Å². The van der Waals surface area contributed by atoms with Crippen LogP contribution in [0.15, 0.2) is 12.7 Å². The van der Waals surface area contributed by atoms with Gasteiger partial charge in [-0.3, -0.25) is 0 Å².